The highest BCUT2D eigenvalue weighted by Gasteiger charge is 2.25. The Kier molecular flexibility index (Phi) is 5.62. The second kappa shape index (κ2) is 7.25. The summed E-state index contributed by atoms with van der Waals surface area (Å²) in [6, 6.07) is 6.10. The van der Waals surface area contributed by atoms with Crippen molar-refractivity contribution in [3.8, 4) is 0 Å². The van der Waals surface area contributed by atoms with Crippen LogP contribution in [-0.2, 0) is 17.8 Å². The zero-order chi connectivity index (χ0) is 13.9. The largest absolute Gasteiger partial charge is 0.384 e. The van der Waals surface area contributed by atoms with Crippen LogP contribution in [0.2, 0.25) is 0 Å². The number of nitrogens with zero attached hydrogens (tertiary/aromatic N) is 1. The maximum absolute atomic E-state index is 12.6. The van der Waals surface area contributed by atoms with Crippen molar-refractivity contribution in [2.24, 2.45) is 5.92 Å². The fourth-order valence-corrected chi connectivity index (χ4v) is 3.23. The molecule has 1 unspecified atom stereocenters. The zero-order valence-electron chi connectivity index (χ0n) is 12.4. The van der Waals surface area contributed by atoms with Gasteiger partial charge >= 0.3 is 0 Å². The van der Waals surface area contributed by atoms with Gasteiger partial charge in [0.15, 0.2) is 0 Å². The summed E-state index contributed by atoms with van der Waals surface area (Å²) in [7, 11) is 1.73. The van der Waals surface area contributed by atoms with E-state index in [1.54, 1.807) is 7.11 Å². The molecule has 0 spiro atoms. The van der Waals surface area contributed by atoms with Crippen molar-refractivity contribution in [2.75, 3.05) is 26.8 Å². The minimum Gasteiger partial charge on any atom is -0.384 e. The predicted molar refractivity (Wildman–Crippen MR) is 84.7 cm³/mol. The van der Waals surface area contributed by atoms with Crippen LogP contribution < -0.4 is 5.32 Å². The van der Waals surface area contributed by atoms with E-state index in [0.717, 1.165) is 51.2 Å². The number of halogens is 1. The quantitative estimate of drug-likeness (QED) is 0.930. The number of fused-ring (bicyclic) bond motifs is 1. The van der Waals surface area contributed by atoms with Crippen molar-refractivity contribution in [1.82, 2.24) is 10.2 Å². The highest BCUT2D eigenvalue weighted by Crippen LogP contribution is 2.21. The lowest BCUT2D eigenvalue weighted by atomic mass is 9.97. The summed E-state index contributed by atoms with van der Waals surface area (Å²) < 4.78 is 5.23. The van der Waals surface area contributed by atoms with Gasteiger partial charge in [-0.25, -0.2) is 0 Å². The molecule has 1 N–H and O–H groups in total. The number of ether oxygens (including phenoxy) is 1. The summed E-state index contributed by atoms with van der Waals surface area (Å²) >= 11 is 0. The van der Waals surface area contributed by atoms with Gasteiger partial charge in [0.1, 0.15) is 0 Å². The van der Waals surface area contributed by atoms with Gasteiger partial charge in [-0.05, 0) is 42.0 Å². The number of hydrogen-bond donors (Lipinski definition) is 1. The molecule has 1 amide bonds. The lowest BCUT2D eigenvalue weighted by molar-refractivity contribution is 0.0571. The lowest BCUT2D eigenvalue weighted by Gasteiger charge is -2.32. The Balaban J connectivity index is 0.00000161. The van der Waals surface area contributed by atoms with Crippen molar-refractivity contribution in [3.63, 3.8) is 0 Å². The van der Waals surface area contributed by atoms with Gasteiger partial charge in [0, 0.05) is 38.9 Å². The van der Waals surface area contributed by atoms with Crippen LogP contribution in [0, 0.1) is 5.92 Å². The van der Waals surface area contributed by atoms with Gasteiger partial charge in [-0.1, -0.05) is 6.07 Å². The molecule has 2 heterocycles. The molecule has 0 radical (unpaired) electrons. The monoisotopic (exact) mass is 310 g/mol. The second-order valence-corrected chi connectivity index (χ2v) is 5.80. The number of amides is 1. The van der Waals surface area contributed by atoms with Crippen molar-refractivity contribution in [3.05, 3.63) is 34.9 Å². The van der Waals surface area contributed by atoms with E-state index < -0.39 is 0 Å². The van der Waals surface area contributed by atoms with E-state index in [1.807, 2.05) is 11.0 Å². The first-order valence-corrected chi connectivity index (χ1v) is 7.38. The molecule has 0 bridgehead atoms. The summed E-state index contributed by atoms with van der Waals surface area (Å²) in [5.74, 6) is 0.647. The maximum Gasteiger partial charge on any atom is 0.253 e. The van der Waals surface area contributed by atoms with Crippen molar-refractivity contribution < 1.29 is 9.53 Å². The molecule has 1 saturated heterocycles. The Labute approximate surface area is 132 Å². The Morgan fingerprint density at radius 1 is 1.38 bits per heavy atom. The number of likely N-dealkylation sites (tertiary alicyclic amines) is 1. The molecular weight excluding hydrogens is 288 g/mol. The minimum absolute atomic E-state index is 0. The van der Waals surface area contributed by atoms with Crippen molar-refractivity contribution in [2.45, 2.75) is 25.9 Å². The first-order chi connectivity index (χ1) is 9.78. The van der Waals surface area contributed by atoms with Gasteiger partial charge in [-0.3, -0.25) is 4.79 Å². The first kappa shape index (κ1) is 16.3. The van der Waals surface area contributed by atoms with Crippen molar-refractivity contribution in [1.29, 1.82) is 0 Å². The summed E-state index contributed by atoms with van der Waals surface area (Å²) in [5, 5.41) is 3.32. The molecule has 3 rings (SSSR count). The SMILES string of the molecule is COCC1CCCN(C(=O)c2ccc3c(c2)CNC3)C1.Cl. The number of rotatable bonds is 3. The Morgan fingerprint density at radius 2 is 2.19 bits per heavy atom. The fraction of sp³-hybridized carbons (Fsp3) is 0.562. The number of benzene rings is 1. The molecule has 0 saturated carbocycles. The summed E-state index contributed by atoms with van der Waals surface area (Å²) in [4.78, 5) is 14.6. The van der Waals surface area contributed by atoms with E-state index in [4.69, 9.17) is 4.74 Å². The van der Waals surface area contributed by atoms with Crippen LogP contribution in [0.5, 0.6) is 0 Å². The number of piperidine rings is 1. The number of hydrogen-bond acceptors (Lipinski definition) is 3. The van der Waals surface area contributed by atoms with E-state index in [9.17, 15) is 4.79 Å². The van der Waals surface area contributed by atoms with Crippen LogP contribution in [0.1, 0.15) is 34.3 Å². The Bertz CT molecular complexity index is 505. The average Bonchev–Trinajstić information content (AvgIpc) is 2.94. The summed E-state index contributed by atoms with van der Waals surface area (Å²) in [6.45, 7) is 4.24. The molecule has 1 fully saturated rings. The minimum atomic E-state index is 0. The van der Waals surface area contributed by atoms with E-state index in [2.05, 4.69) is 17.4 Å². The number of methoxy groups -OCH3 is 1. The number of carbonyl (C=O) groups excluding carboxylic acids is 1. The molecule has 5 heteroatoms. The predicted octanol–water partition coefficient (Wildman–Crippen LogP) is 2.21. The smallest absolute Gasteiger partial charge is 0.253 e. The third-order valence-corrected chi connectivity index (χ3v) is 4.29. The van der Waals surface area contributed by atoms with E-state index in [-0.39, 0.29) is 18.3 Å². The topological polar surface area (TPSA) is 41.6 Å². The molecular formula is C16H23ClN2O2. The molecule has 2 aliphatic rings. The molecule has 116 valence electrons. The molecule has 0 aromatic heterocycles. The summed E-state index contributed by atoms with van der Waals surface area (Å²) in [5.41, 5.74) is 3.41. The normalized spacial score (nSPS) is 20.8. The van der Waals surface area contributed by atoms with Crippen molar-refractivity contribution >= 4 is 18.3 Å². The van der Waals surface area contributed by atoms with Crippen LogP contribution in [-0.4, -0.2) is 37.6 Å². The lowest BCUT2D eigenvalue weighted by Crippen LogP contribution is -2.41. The van der Waals surface area contributed by atoms with E-state index >= 15 is 0 Å². The summed E-state index contributed by atoms with van der Waals surface area (Å²) in [6.07, 6.45) is 2.23. The highest BCUT2D eigenvalue weighted by molar-refractivity contribution is 5.94. The highest BCUT2D eigenvalue weighted by atomic mass is 35.5. The third kappa shape index (κ3) is 3.57. The van der Waals surface area contributed by atoms with Gasteiger partial charge in [0.05, 0.1) is 6.61 Å². The zero-order valence-corrected chi connectivity index (χ0v) is 13.2. The van der Waals surface area contributed by atoms with Crippen LogP contribution >= 0.6 is 12.4 Å². The van der Waals surface area contributed by atoms with Gasteiger partial charge in [0.25, 0.3) is 5.91 Å². The molecule has 21 heavy (non-hydrogen) atoms. The van der Waals surface area contributed by atoms with Crippen LogP contribution in [0.25, 0.3) is 0 Å². The molecule has 4 nitrogen and oxygen atoms in total. The molecule has 0 aliphatic carbocycles. The van der Waals surface area contributed by atoms with Gasteiger partial charge in [-0.15, -0.1) is 12.4 Å². The first-order valence-electron chi connectivity index (χ1n) is 7.38. The van der Waals surface area contributed by atoms with E-state index in [1.165, 1.54) is 11.1 Å². The molecule has 2 aliphatic heterocycles. The maximum atomic E-state index is 12.6. The Morgan fingerprint density at radius 3 is 3.00 bits per heavy atom. The molecule has 1 aromatic rings. The second-order valence-electron chi connectivity index (χ2n) is 5.80. The van der Waals surface area contributed by atoms with Crippen LogP contribution in [0.4, 0.5) is 0 Å². The standard InChI is InChI=1S/C16H22N2O2.ClH/c1-20-11-12-3-2-6-18(10-12)16(19)13-4-5-14-8-17-9-15(14)7-13;/h4-5,7,12,17H,2-3,6,8-11H2,1H3;1H. The molecule has 1 aromatic carbocycles. The average molecular weight is 311 g/mol. The van der Waals surface area contributed by atoms with E-state index in [0.29, 0.717) is 5.92 Å². The number of carbonyl (C=O) groups is 1. The van der Waals surface area contributed by atoms with Crippen LogP contribution in [0.15, 0.2) is 18.2 Å². The Hall–Kier alpha value is -1.10. The number of nitrogens with one attached hydrogen (secondary N) is 1. The third-order valence-electron chi connectivity index (χ3n) is 4.29. The van der Waals surface area contributed by atoms with Crippen LogP contribution in [0.3, 0.4) is 0 Å². The fourth-order valence-electron chi connectivity index (χ4n) is 3.23. The van der Waals surface area contributed by atoms with Gasteiger partial charge in [0.2, 0.25) is 0 Å². The molecule has 1 atom stereocenters. The van der Waals surface area contributed by atoms with Gasteiger partial charge < -0.3 is 15.0 Å². The van der Waals surface area contributed by atoms with Gasteiger partial charge in [-0.2, -0.15) is 0 Å².